The van der Waals surface area contributed by atoms with Crippen molar-refractivity contribution in [3.8, 4) is 0 Å². The van der Waals surface area contributed by atoms with E-state index < -0.39 is 0 Å². The molecule has 0 saturated heterocycles. The Hall–Kier alpha value is -1.72. The van der Waals surface area contributed by atoms with Crippen LogP contribution in [0, 0.1) is 13.8 Å². The van der Waals surface area contributed by atoms with E-state index in [1.807, 2.05) is 29.7 Å². The van der Waals surface area contributed by atoms with E-state index in [0.717, 1.165) is 18.7 Å². The third-order valence-corrected chi connectivity index (χ3v) is 4.69. The lowest BCUT2D eigenvalue weighted by molar-refractivity contribution is -0.671. The first-order chi connectivity index (χ1) is 10.7. The summed E-state index contributed by atoms with van der Waals surface area (Å²) in [5, 5.41) is 5.63. The van der Waals surface area contributed by atoms with Gasteiger partial charge in [0.1, 0.15) is 4.70 Å². The van der Waals surface area contributed by atoms with Crippen molar-refractivity contribution in [1.29, 1.82) is 0 Å². The molecule has 0 saturated carbocycles. The largest absolute Gasteiger partial charge is 1.00 e. The van der Waals surface area contributed by atoms with Crippen LogP contribution in [0.15, 0.2) is 53.6 Å². The van der Waals surface area contributed by atoms with Crippen LogP contribution in [0.25, 0.3) is 10.2 Å². The van der Waals surface area contributed by atoms with E-state index in [1.165, 1.54) is 20.8 Å². The SMILES string of the molecule is Cc1ccc(N/N=C/CC[n+]2c(C)sc3ccccc32)cc1.[Br-]. The maximum atomic E-state index is 4.30. The summed E-state index contributed by atoms with van der Waals surface area (Å²) in [5.74, 6) is 0. The van der Waals surface area contributed by atoms with Gasteiger partial charge in [0.2, 0.25) is 10.5 Å². The van der Waals surface area contributed by atoms with Gasteiger partial charge < -0.3 is 17.0 Å². The fraction of sp³-hybridized carbons (Fsp3) is 0.222. The molecule has 0 aliphatic rings. The first kappa shape index (κ1) is 17.6. The molecule has 0 amide bonds. The molecule has 0 spiro atoms. The van der Waals surface area contributed by atoms with Crippen molar-refractivity contribution in [2.45, 2.75) is 26.8 Å². The highest BCUT2D eigenvalue weighted by molar-refractivity contribution is 7.18. The van der Waals surface area contributed by atoms with Gasteiger partial charge in [0, 0.05) is 25.6 Å². The molecule has 23 heavy (non-hydrogen) atoms. The van der Waals surface area contributed by atoms with Gasteiger partial charge in [0.05, 0.1) is 5.69 Å². The summed E-state index contributed by atoms with van der Waals surface area (Å²) in [5.41, 5.74) is 6.65. The number of aryl methyl sites for hydroxylation is 3. The molecule has 3 rings (SSSR count). The molecule has 1 heterocycles. The van der Waals surface area contributed by atoms with Gasteiger partial charge in [-0.05, 0) is 25.1 Å². The van der Waals surface area contributed by atoms with Crippen LogP contribution in [-0.4, -0.2) is 6.21 Å². The van der Waals surface area contributed by atoms with Crippen molar-refractivity contribution in [3.63, 3.8) is 0 Å². The molecule has 3 nitrogen and oxygen atoms in total. The van der Waals surface area contributed by atoms with Crippen molar-refractivity contribution in [2.24, 2.45) is 5.10 Å². The van der Waals surface area contributed by atoms with Gasteiger partial charge >= 0.3 is 0 Å². The van der Waals surface area contributed by atoms with E-state index in [-0.39, 0.29) is 17.0 Å². The molecule has 0 atom stereocenters. The fourth-order valence-corrected chi connectivity index (χ4v) is 3.48. The van der Waals surface area contributed by atoms with Crippen molar-refractivity contribution < 1.29 is 21.5 Å². The molecule has 0 bridgehead atoms. The van der Waals surface area contributed by atoms with Crippen LogP contribution in [0.5, 0.6) is 0 Å². The molecule has 1 aromatic heterocycles. The quantitative estimate of drug-likeness (QED) is 0.397. The fourth-order valence-electron chi connectivity index (χ4n) is 2.43. The molecule has 3 aromatic rings. The molecule has 2 aromatic carbocycles. The van der Waals surface area contributed by atoms with E-state index in [9.17, 15) is 0 Å². The van der Waals surface area contributed by atoms with Gasteiger partial charge in [-0.3, -0.25) is 5.43 Å². The lowest BCUT2D eigenvalue weighted by atomic mass is 10.2. The third kappa shape index (κ3) is 4.39. The Labute approximate surface area is 151 Å². The first-order valence-electron chi connectivity index (χ1n) is 7.46. The average molecular weight is 390 g/mol. The molecule has 0 radical (unpaired) electrons. The molecule has 0 aliphatic heterocycles. The predicted octanol–water partition coefficient (Wildman–Crippen LogP) is 1.30. The second kappa shape index (κ2) is 8.22. The Morgan fingerprint density at radius 1 is 1.09 bits per heavy atom. The van der Waals surface area contributed by atoms with Crippen LogP contribution in [0.4, 0.5) is 5.69 Å². The maximum Gasteiger partial charge on any atom is 0.235 e. The Morgan fingerprint density at radius 2 is 1.83 bits per heavy atom. The Kier molecular flexibility index (Phi) is 6.30. The van der Waals surface area contributed by atoms with Gasteiger partial charge in [-0.25, -0.2) is 0 Å². The van der Waals surface area contributed by atoms with Crippen molar-refractivity contribution in [1.82, 2.24) is 0 Å². The van der Waals surface area contributed by atoms with Gasteiger partial charge in [0.25, 0.3) is 0 Å². The van der Waals surface area contributed by atoms with E-state index >= 15 is 0 Å². The number of thiazole rings is 1. The number of fused-ring (bicyclic) bond motifs is 1. The normalized spacial score (nSPS) is 10.9. The number of hydrogen-bond acceptors (Lipinski definition) is 3. The van der Waals surface area contributed by atoms with Crippen LogP contribution in [0.2, 0.25) is 0 Å². The minimum absolute atomic E-state index is 0. The highest BCUT2D eigenvalue weighted by Gasteiger charge is 2.15. The number of aromatic nitrogens is 1. The zero-order valence-corrected chi connectivity index (χ0v) is 15.7. The molecule has 0 fully saturated rings. The predicted molar refractivity (Wildman–Crippen MR) is 94.7 cm³/mol. The Balaban J connectivity index is 0.00000192. The smallest absolute Gasteiger partial charge is 0.235 e. The van der Waals surface area contributed by atoms with Crippen LogP contribution >= 0.6 is 11.3 Å². The third-order valence-electron chi connectivity index (χ3n) is 3.61. The number of rotatable bonds is 5. The molecular weight excluding hydrogens is 370 g/mol. The van der Waals surface area contributed by atoms with Crippen molar-refractivity contribution in [2.75, 3.05) is 5.43 Å². The highest BCUT2D eigenvalue weighted by Crippen LogP contribution is 2.19. The van der Waals surface area contributed by atoms with Crippen LogP contribution < -0.4 is 27.0 Å². The van der Waals surface area contributed by atoms with E-state index in [4.69, 9.17) is 0 Å². The standard InChI is InChI=1S/C18H20N3S.BrH/c1-14-8-10-16(11-9-14)20-19-12-5-13-21-15(2)22-18-7-4-3-6-17(18)21;/h3-4,6-12,20H,5,13H2,1-2H3;1H/q+1;/p-1/b19-12+;. The summed E-state index contributed by atoms with van der Waals surface area (Å²) in [6.45, 7) is 5.21. The maximum absolute atomic E-state index is 4.30. The molecule has 1 N–H and O–H groups in total. The molecule has 120 valence electrons. The zero-order valence-electron chi connectivity index (χ0n) is 13.3. The number of hydrazone groups is 1. The van der Waals surface area contributed by atoms with Gasteiger partial charge in [-0.2, -0.15) is 9.67 Å². The van der Waals surface area contributed by atoms with E-state index in [0.29, 0.717) is 0 Å². The minimum Gasteiger partial charge on any atom is -1.00 e. The lowest BCUT2D eigenvalue weighted by Crippen LogP contribution is -3.00. The van der Waals surface area contributed by atoms with Crippen molar-refractivity contribution >= 4 is 33.5 Å². The number of benzene rings is 2. The topological polar surface area (TPSA) is 28.3 Å². The Bertz CT molecular complexity index is 794. The summed E-state index contributed by atoms with van der Waals surface area (Å²) < 4.78 is 3.70. The zero-order chi connectivity index (χ0) is 15.4. The summed E-state index contributed by atoms with van der Waals surface area (Å²) in [6.07, 6.45) is 2.85. The number of anilines is 1. The van der Waals surface area contributed by atoms with Crippen molar-refractivity contribution in [3.05, 3.63) is 59.1 Å². The first-order valence-corrected chi connectivity index (χ1v) is 8.28. The number of halogens is 1. The molecule has 0 aliphatic carbocycles. The van der Waals surface area contributed by atoms with Crippen LogP contribution in [0.3, 0.4) is 0 Å². The number of para-hydroxylation sites is 1. The number of nitrogens with zero attached hydrogens (tertiary/aromatic N) is 2. The van der Waals surface area contributed by atoms with Gasteiger partial charge in [0.15, 0.2) is 6.54 Å². The summed E-state index contributed by atoms with van der Waals surface area (Å²) in [7, 11) is 0. The summed E-state index contributed by atoms with van der Waals surface area (Å²) in [4.78, 5) is 0. The summed E-state index contributed by atoms with van der Waals surface area (Å²) >= 11 is 1.84. The van der Waals surface area contributed by atoms with Crippen LogP contribution in [0.1, 0.15) is 17.0 Å². The molecular formula is C18H20BrN3S. The molecule has 0 unspecified atom stereocenters. The molecule has 5 heteroatoms. The number of nitrogens with one attached hydrogen (secondary N) is 1. The summed E-state index contributed by atoms with van der Waals surface area (Å²) in [6, 6.07) is 16.8. The monoisotopic (exact) mass is 389 g/mol. The second-order valence-electron chi connectivity index (χ2n) is 5.32. The second-order valence-corrected chi connectivity index (χ2v) is 6.55. The lowest BCUT2D eigenvalue weighted by Gasteiger charge is -1.99. The highest BCUT2D eigenvalue weighted by atomic mass is 79.9. The van der Waals surface area contributed by atoms with Gasteiger partial charge in [-0.15, -0.1) is 0 Å². The van der Waals surface area contributed by atoms with Gasteiger partial charge in [-0.1, -0.05) is 41.2 Å². The van der Waals surface area contributed by atoms with E-state index in [1.54, 1.807) is 0 Å². The Morgan fingerprint density at radius 3 is 2.61 bits per heavy atom. The minimum atomic E-state index is 0. The van der Waals surface area contributed by atoms with Crippen LogP contribution in [-0.2, 0) is 6.54 Å². The number of hydrogen-bond donors (Lipinski definition) is 1. The van der Waals surface area contributed by atoms with E-state index in [2.05, 4.69) is 65.3 Å². The average Bonchev–Trinajstić information content (AvgIpc) is 2.85.